The third-order valence-corrected chi connectivity index (χ3v) is 3.88. The summed E-state index contributed by atoms with van der Waals surface area (Å²) in [6.45, 7) is 2.99. The number of nitrogen functional groups attached to an aromatic ring is 1. The summed E-state index contributed by atoms with van der Waals surface area (Å²) in [6, 6.07) is 11.2. The van der Waals surface area contributed by atoms with Crippen LogP contribution in [0.4, 0.5) is 5.69 Å². The number of nitrogens with zero attached hydrogens (tertiary/aromatic N) is 2. The molecule has 0 aliphatic heterocycles. The van der Waals surface area contributed by atoms with Gasteiger partial charge in [0.15, 0.2) is 0 Å². The predicted molar refractivity (Wildman–Crippen MR) is 89.9 cm³/mol. The first-order valence-electron chi connectivity index (χ1n) is 6.81. The Hall–Kier alpha value is -1.71. The van der Waals surface area contributed by atoms with Crippen molar-refractivity contribution in [1.29, 1.82) is 0 Å². The molecule has 0 saturated carbocycles. The molecule has 2 aromatic carbocycles. The van der Waals surface area contributed by atoms with Gasteiger partial charge in [-0.25, -0.2) is 4.98 Å². The first kappa shape index (κ1) is 14.2. The number of anilines is 1. The molecular formula is C16H15Cl2N3. The fourth-order valence-corrected chi connectivity index (χ4v) is 2.82. The lowest BCUT2D eigenvalue weighted by Crippen LogP contribution is -2.01. The molecule has 0 saturated heterocycles. The maximum absolute atomic E-state index is 6.11. The minimum atomic E-state index is 0.646. The zero-order chi connectivity index (χ0) is 15.0. The van der Waals surface area contributed by atoms with Gasteiger partial charge in [-0.15, -0.1) is 0 Å². The molecule has 3 rings (SSSR count). The maximum atomic E-state index is 6.11. The second kappa shape index (κ2) is 5.58. The number of imidazole rings is 1. The summed E-state index contributed by atoms with van der Waals surface area (Å²) in [5, 5.41) is 1.32. The van der Waals surface area contributed by atoms with Crippen molar-refractivity contribution in [2.24, 2.45) is 0 Å². The highest BCUT2D eigenvalue weighted by Crippen LogP contribution is 2.32. The Labute approximate surface area is 133 Å². The van der Waals surface area contributed by atoms with E-state index in [1.54, 1.807) is 12.1 Å². The van der Waals surface area contributed by atoms with Crippen molar-refractivity contribution >= 4 is 39.9 Å². The second-order valence-electron chi connectivity index (χ2n) is 4.95. The van der Waals surface area contributed by atoms with Crippen LogP contribution in [0, 0.1) is 0 Å². The molecule has 2 N–H and O–H groups in total. The molecule has 0 unspecified atom stereocenters. The van der Waals surface area contributed by atoms with Crippen LogP contribution in [0.15, 0.2) is 36.4 Å². The van der Waals surface area contributed by atoms with Crippen LogP contribution in [-0.4, -0.2) is 9.55 Å². The first-order valence-corrected chi connectivity index (χ1v) is 7.57. The van der Waals surface area contributed by atoms with Crippen molar-refractivity contribution in [2.75, 3.05) is 5.73 Å². The van der Waals surface area contributed by atoms with Crippen LogP contribution < -0.4 is 5.73 Å². The van der Waals surface area contributed by atoms with Gasteiger partial charge < -0.3 is 10.3 Å². The molecule has 3 nitrogen and oxygen atoms in total. The molecular weight excluding hydrogens is 305 g/mol. The van der Waals surface area contributed by atoms with E-state index >= 15 is 0 Å². The van der Waals surface area contributed by atoms with Gasteiger partial charge in [-0.2, -0.15) is 0 Å². The molecule has 1 aromatic heterocycles. The van der Waals surface area contributed by atoms with E-state index in [-0.39, 0.29) is 0 Å². The van der Waals surface area contributed by atoms with Crippen molar-refractivity contribution in [3.8, 4) is 11.4 Å². The van der Waals surface area contributed by atoms with Crippen LogP contribution in [0.5, 0.6) is 0 Å². The number of nitrogens with two attached hydrogens (primary N) is 1. The molecule has 1 heterocycles. The molecule has 0 atom stereocenters. The van der Waals surface area contributed by atoms with Crippen LogP contribution in [-0.2, 0) is 6.54 Å². The van der Waals surface area contributed by atoms with Crippen LogP contribution in [0.1, 0.15) is 13.3 Å². The van der Waals surface area contributed by atoms with E-state index in [4.69, 9.17) is 33.9 Å². The molecule has 0 amide bonds. The van der Waals surface area contributed by atoms with Gasteiger partial charge in [0.25, 0.3) is 0 Å². The first-order chi connectivity index (χ1) is 10.1. The monoisotopic (exact) mass is 319 g/mol. The summed E-state index contributed by atoms with van der Waals surface area (Å²) in [6.07, 6.45) is 1.00. The van der Waals surface area contributed by atoms with Crippen molar-refractivity contribution in [1.82, 2.24) is 9.55 Å². The van der Waals surface area contributed by atoms with Crippen LogP contribution in [0.3, 0.4) is 0 Å². The normalized spacial score (nSPS) is 11.2. The Balaban J connectivity index is 2.30. The molecule has 0 aliphatic rings. The van der Waals surface area contributed by atoms with Gasteiger partial charge in [0, 0.05) is 27.8 Å². The average molecular weight is 320 g/mol. The summed E-state index contributed by atoms with van der Waals surface area (Å²) in [7, 11) is 0. The highest BCUT2D eigenvalue weighted by molar-refractivity contribution is 6.31. The molecule has 0 spiro atoms. The molecule has 0 bridgehead atoms. The number of benzene rings is 2. The lowest BCUT2D eigenvalue weighted by Gasteiger charge is -2.10. The number of hydrogen-bond donors (Lipinski definition) is 1. The third-order valence-electron chi connectivity index (χ3n) is 3.41. The Morgan fingerprint density at radius 1 is 1.10 bits per heavy atom. The summed E-state index contributed by atoms with van der Waals surface area (Å²) < 4.78 is 2.16. The minimum absolute atomic E-state index is 0.646. The smallest absolute Gasteiger partial charge is 0.143 e. The van der Waals surface area contributed by atoms with Crippen molar-refractivity contribution in [2.45, 2.75) is 19.9 Å². The number of hydrogen-bond acceptors (Lipinski definition) is 2. The van der Waals surface area contributed by atoms with E-state index in [0.29, 0.717) is 15.7 Å². The standard InChI is InChI=1S/C16H15Cl2N3/c1-2-7-21-15-6-4-11(18)9-14(15)20-16(21)12-8-10(17)3-5-13(12)19/h3-6,8-9H,2,7,19H2,1H3. The largest absolute Gasteiger partial charge is 0.398 e. The summed E-state index contributed by atoms with van der Waals surface area (Å²) in [5.74, 6) is 0.828. The fraction of sp³-hybridized carbons (Fsp3) is 0.188. The Bertz CT molecular complexity index is 809. The van der Waals surface area contributed by atoms with Crippen molar-refractivity contribution in [3.05, 3.63) is 46.4 Å². The quantitative estimate of drug-likeness (QED) is 0.690. The zero-order valence-corrected chi connectivity index (χ0v) is 13.1. The van der Waals surface area contributed by atoms with Gasteiger partial charge in [-0.1, -0.05) is 30.1 Å². The summed E-state index contributed by atoms with van der Waals surface area (Å²) in [5.41, 5.74) is 9.53. The number of aryl methyl sites for hydroxylation is 1. The van der Waals surface area contributed by atoms with Crippen molar-refractivity contribution in [3.63, 3.8) is 0 Å². The Morgan fingerprint density at radius 3 is 2.57 bits per heavy atom. The van der Waals surface area contributed by atoms with Gasteiger partial charge in [-0.05, 0) is 42.8 Å². The molecule has 3 aromatic rings. The fourth-order valence-electron chi connectivity index (χ4n) is 2.48. The van der Waals surface area contributed by atoms with Gasteiger partial charge in [0.2, 0.25) is 0 Å². The lowest BCUT2D eigenvalue weighted by atomic mass is 10.1. The van der Waals surface area contributed by atoms with Crippen molar-refractivity contribution < 1.29 is 0 Å². The Kier molecular flexibility index (Phi) is 3.79. The Morgan fingerprint density at radius 2 is 1.81 bits per heavy atom. The molecule has 5 heteroatoms. The molecule has 21 heavy (non-hydrogen) atoms. The van der Waals surface area contributed by atoms with E-state index < -0.39 is 0 Å². The third kappa shape index (κ3) is 2.59. The summed E-state index contributed by atoms with van der Waals surface area (Å²) in [4.78, 5) is 4.70. The van der Waals surface area contributed by atoms with E-state index in [1.165, 1.54) is 0 Å². The minimum Gasteiger partial charge on any atom is -0.398 e. The lowest BCUT2D eigenvalue weighted by molar-refractivity contribution is 0.704. The molecule has 0 fully saturated rings. The molecule has 0 aliphatic carbocycles. The summed E-state index contributed by atoms with van der Waals surface area (Å²) >= 11 is 12.2. The van der Waals surface area contributed by atoms with Gasteiger partial charge in [-0.3, -0.25) is 0 Å². The van der Waals surface area contributed by atoms with Crippen LogP contribution in [0.25, 0.3) is 22.4 Å². The highest BCUT2D eigenvalue weighted by atomic mass is 35.5. The van der Waals surface area contributed by atoms with E-state index in [2.05, 4.69) is 11.5 Å². The molecule has 0 radical (unpaired) electrons. The number of fused-ring (bicyclic) bond motifs is 1. The van der Waals surface area contributed by atoms with Crippen LogP contribution in [0.2, 0.25) is 10.0 Å². The number of aromatic nitrogens is 2. The topological polar surface area (TPSA) is 43.8 Å². The van der Waals surface area contributed by atoms with E-state index in [0.717, 1.165) is 35.4 Å². The zero-order valence-electron chi connectivity index (χ0n) is 11.6. The highest BCUT2D eigenvalue weighted by Gasteiger charge is 2.15. The van der Waals surface area contributed by atoms with Gasteiger partial charge in [0.1, 0.15) is 5.82 Å². The average Bonchev–Trinajstić information content (AvgIpc) is 2.80. The predicted octanol–water partition coefficient (Wildman–Crippen LogP) is 5.00. The van der Waals surface area contributed by atoms with Gasteiger partial charge in [0.05, 0.1) is 11.0 Å². The number of rotatable bonds is 3. The maximum Gasteiger partial charge on any atom is 0.143 e. The SMILES string of the molecule is CCCn1c(-c2cc(Cl)ccc2N)nc2cc(Cl)ccc21. The molecule has 108 valence electrons. The van der Waals surface area contributed by atoms with E-state index in [1.807, 2.05) is 24.3 Å². The van der Waals surface area contributed by atoms with E-state index in [9.17, 15) is 0 Å². The number of halogens is 2. The van der Waals surface area contributed by atoms with Gasteiger partial charge >= 0.3 is 0 Å². The van der Waals surface area contributed by atoms with Crippen LogP contribution >= 0.6 is 23.2 Å². The second-order valence-corrected chi connectivity index (χ2v) is 5.82.